The molecule has 1 fully saturated rings. The molecule has 0 spiro atoms. The highest BCUT2D eigenvalue weighted by Gasteiger charge is 2.21. The number of aryl methyl sites for hydroxylation is 1. The smallest absolute Gasteiger partial charge is 0.230 e. The number of rotatable bonds is 8. The molecule has 4 rings (SSSR count). The number of ether oxygens (including phenoxy) is 1. The largest absolute Gasteiger partial charge is 0.374 e. The van der Waals surface area contributed by atoms with Gasteiger partial charge in [0.25, 0.3) is 0 Å². The van der Waals surface area contributed by atoms with Gasteiger partial charge in [0, 0.05) is 32.7 Å². The maximum Gasteiger partial charge on any atom is 0.230 e. The maximum atomic E-state index is 12.4. The normalized spacial score (nSPS) is 17.3. The molecule has 2 aromatic carbocycles. The summed E-state index contributed by atoms with van der Waals surface area (Å²) >= 11 is 1.48. The van der Waals surface area contributed by atoms with Crippen LogP contribution < -0.4 is 5.32 Å². The van der Waals surface area contributed by atoms with Crippen molar-refractivity contribution in [3.63, 3.8) is 0 Å². The van der Waals surface area contributed by atoms with Crippen LogP contribution in [-0.2, 0) is 22.6 Å². The van der Waals surface area contributed by atoms with Gasteiger partial charge in [0.1, 0.15) is 0 Å². The summed E-state index contributed by atoms with van der Waals surface area (Å²) < 4.78 is 8.01. The number of amides is 1. The molecular weight excluding hydrogens is 396 g/mol. The summed E-state index contributed by atoms with van der Waals surface area (Å²) in [6.07, 6.45) is 0.0247. The van der Waals surface area contributed by atoms with Crippen LogP contribution in [0.15, 0.2) is 59.8 Å². The number of imidazole rings is 1. The summed E-state index contributed by atoms with van der Waals surface area (Å²) in [5.74, 6) is 0.363. The highest BCUT2D eigenvalue weighted by Crippen LogP contribution is 2.23. The second-order valence-electron chi connectivity index (χ2n) is 7.43. The van der Waals surface area contributed by atoms with Crippen molar-refractivity contribution in [3.8, 4) is 0 Å². The predicted molar refractivity (Wildman–Crippen MR) is 121 cm³/mol. The quantitative estimate of drug-likeness (QED) is 0.563. The van der Waals surface area contributed by atoms with Gasteiger partial charge in [-0.3, -0.25) is 9.69 Å². The first kappa shape index (κ1) is 20.9. The Hall–Kier alpha value is -2.35. The number of para-hydroxylation sites is 2. The molecule has 0 aliphatic carbocycles. The van der Waals surface area contributed by atoms with E-state index >= 15 is 0 Å². The van der Waals surface area contributed by atoms with Gasteiger partial charge in [0.15, 0.2) is 5.16 Å². The van der Waals surface area contributed by atoms with E-state index in [9.17, 15) is 4.79 Å². The van der Waals surface area contributed by atoms with Crippen LogP contribution in [0, 0.1) is 0 Å². The molecule has 6 nitrogen and oxygen atoms in total. The maximum absolute atomic E-state index is 12.4. The van der Waals surface area contributed by atoms with E-state index in [0.717, 1.165) is 42.4 Å². The van der Waals surface area contributed by atoms with E-state index in [0.29, 0.717) is 18.9 Å². The van der Waals surface area contributed by atoms with Crippen LogP contribution in [0.4, 0.5) is 0 Å². The van der Waals surface area contributed by atoms with Crippen LogP contribution in [-0.4, -0.2) is 58.5 Å². The lowest BCUT2D eigenvalue weighted by Crippen LogP contribution is -2.47. The number of hydrogen-bond donors (Lipinski definition) is 1. The lowest BCUT2D eigenvalue weighted by Gasteiger charge is -2.33. The standard InChI is InChI=1S/C23H28N4O2S/c1-2-27-21-11-7-6-10-20(21)25-23(27)30-17-22(28)24-14-19-16-26(12-13-29-19)15-18-8-4-3-5-9-18/h3-11,19H,2,12-17H2,1H3,(H,24,28). The summed E-state index contributed by atoms with van der Waals surface area (Å²) in [5.41, 5.74) is 3.38. The number of nitrogens with zero attached hydrogens (tertiary/aromatic N) is 3. The van der Waals surface area contributed by atoms with Crippen LogP contribution in [0.3, 0.4) is 0 Å². The zero-order valence-corrected chi connectivity index (χ0v) is 18.1. The lowest BCUT2D eigenvalue weighted by atomic mass is 10.2. The van der Waals surface area contributed by atoms with Crippen LogP contribution in [0.1, 0.15) is 12.5 Å². The van der Waals surface area contributed by atoms with E-state index in [1.807, 2.05) is 24.3 Å². The molecule has 1 N–H and O–H groups in total. The summed E-state index contributed by atoms with van der Waals surface area (Å²) in [7, 11) is 0. The second-order valence-corrected chi connectivity index (χ2v) is 8.38. The fourth-order valence-corrected chi connectivity index (χ4v) is 4.68. The van der Waals surface area contributed by atoms with Crippen LogP contribution in [0.5, 0.6) is 0 Å². The number of morpholine rings is 1. The lowest BCUT2D eigenvalue weighted by molar-refractivity contribution is -0.119. The first-order chi connectivity index (χ1) is 14.7. The van der Waals surface area contributed by atoms with Crippen molar-refractivity contribution in [1.29, 1.82) is 0 Å². The van der Waals surface area contributed by atoms with Gasteiger partial charge in [-0.1, -0.05) is 54.2 Å². The Kier molecular flexibility index (Phi) is 7.04. The molecule has 1 amide bonds. The first-order valence-electron chi connectivity index (χ1n) is 10.5. The van der Waals surface area contributed by atoms with Gasteiger partial charge in [-0.2, -0.15) is 0 Å². The minimum absolute atomic E-state index is 0.0125. The molecular formula is C23H28N4O2S. The van der Waals surface area contributed by atoms with Gasteiger partial charge in [-0.05, 0) is 24.6 Å². The van der Waals surface area contributed by atoms with Gasteiger partial charge in [0.2, 0.25) is 5.91 Å². The average Bonchev–Trinajstić information content (AvgIpc) is 3.15. The minimum Gasteiger partial charge on any atom is -0.374 e. The van der Waals surface area contributed by atoms with E-state index < -0.39 is 0 Å². The minimum atomic E-state index is 0.0125. The van der Waals surface area contributed by atoms with E-state index in [2.05, 4.69) is 57.0 Å². The average molecular weight is 425 g/mol. The Morgan fingerprint density at radius 2 is 2.00 bits per heavy atom. The summed E-state index contributed by atoms with van der Waals surface area (Å²) in [6, 6.07) is 18.5. The van der Waals surface area contributed by atoms with Gasteiger partial charge >= 0.3 is 0 Å². The van der Waals surface area contributed by atoms with Crippen molar-refractivity contribution < 1.29 is 9.53 Å². The fraction of sp³-hybridized carbons (Fsp3) is 0.391. The Labute approximate surface area is 181 Å². The topological polar surface area (TPSA) is 59.4 Å². The van der Waals surface area contributed by atoms with E-state index in [1.165, 1.54) is 17.3 Å². The van der Waals surface area contributed by atoms with Crippen LogP contribution in [0.25, 0.3) is 11.0 Å². The van der Waals surface area contributed by atoms with E-state index in [-0.39, 0.29) is 12.0 Å². The number of benzene rings is 2. The molecule has 7 heteroatoms. The Bertz CT molecular complexity index is 976. The Morgan fingerprint density at radius 1 is 1.20 bits per heavy atom. The number of carbonyl (C=O) groups excluding carboxylic acids is 1. The molecule has 1 unspecified atom stereocenters. The number of fused-ring (bicyclic) bond motifs is 1. The van der Waals surface area contributed by atoms with Gasteiger partial charge in [-0.25, -0.2) is 4.98 Å². The van der Waals surface area contributed by atoms with Crippen molar-refractivity contribution >= 4 is 28.7 Å². The Balaban J connectivity index is 1.25. The van der Waals surface area contributed by atoms with Crippen molar-refractivity contribution in [2.24, 2.45) is 0 Å². The molecule has 0 bridgehead atoms. The molecule has 1 aliphatic heterocycles. The van der Waals surface area contributed by atoms with Crippen molar-refractivity contribution in [2.75, 3.05) is 32.0 Å². The van der Waals surface area contributed by atoms with Gasteiger partial charge in [0.05, 0.1) is 29.5 Å². The molecule has 1 saturated heterocycles. The zero-order valence-electron chi connectivity index (χ0n) is 17.3. The predicted octanol–water partition coefficient (Wildman–Crippen LogP) is 3.17. The van der Waals surface area contributed by atoms with Crippen molar-refractivity contribution in [1.82, 2.24) is 19.8 Å². The number of aromatic nitrogens is 2. The zero-order chi connectivity index (χ0) is 20.8. The highest BCUT2D eigenvalue weighted by molar-refractivity contribution is 7.99. The molecule has 2 heterocycles. The van der Waals surface area contributed by atoms with E-state index in [1.54, 1.807) is 0 Å². The number of thioether (sulfide) groups is 1. The third-order valence-corrected chi connectivity index (χ3v) is 6.24. The molecule has 1 atom stereocenters. The van der Waals surface area contributed by atoms with Crippen LogP contribution >= 0.6 is 11.8 Å². The number of carbonyl (C=O) groups is 1. The summed E-state index contributed by atoms with van der Waals surface area (Å²) in [6.45, 7) is 6.82. The van der Waals surface area contributed by atoms with Gasteiger partial charge in [-0.15, -0.1) is 0 Å². The summed E-state index contributed by atoms with van der Waals surface area (Å²) in [4.78, 5) is 19.5. The second kappa shape index (κ2) is 10.1. The summed E-state index contributed by atoms with van der Waals surface area (Å²) in [5, 5.41) is 3.92. The van der Waals surface area contributed by atoms with Gasteiger partial charge < -0.3 is 14.6 Å². The molecule has 3 aromatic rings. The van der Waals surface area contributed by atoms with Crippen LogP contribution in [0.2, 0.25) is 0 Å². The highest BCUT2D eigenvalue weighted by atomic mass is 32.2. The third-order valence-electron chi connectivity index (χ3n) is 5.27. The third kappa shape index (κ3) is 5.22. The molecule has 1 aromatic heterocycles. The van der Waals surface area contributed by atoms with E-state index in [4.69, 9.17) is 4.74 Å². The molecule has 30 heavy (non-hydrogen) atoms. The van der Waals surface area contributed by atoms with Crippen molar-refractivity contribution in [3.05, 3.63) is 60.2 Å². The number of hydrogen-bond acceptors (Lipinski definition) is 5. The molecule has 0 radical (unpaired) electrons. The molecule has 158 valence electrons. The molecule has 0 saturated carbocycles. The van der Waals surface area contributed by atoms with Crippen molar-refractivity contribution in [2.45, 2.75) is 31.3 Å². The fourth-order valence-electron chi connectivity index (χ4n) is 3.77. The number of nitrogens with one attached hydrogen (secondary N) is 1. The Morgan fingerprint density at radius 3 is 2.83 bits per heavy atom. The molecule has 1 aliphatic rings. The monoisotopic (exact) mass is 424 g/mol. The first-order valence-corrected chi connectivity index (χ1v) is 11.4. The SMILES string of the molecule is CCn1c(SCC(=O)NCC2CN(Cc3ccccc3)CCO2)nc2ccccc21.